The Kier molecular flexibility index (Phi) is 4.55. The van der Waals surface area contributed by atoms with Gasteiger partial charge in [-0.2, -0.15) is 0 Å². The zero-order valence-corrected chi connectivity index (χ0v) is 14.8. The van der Waals surface area contributed by atoms with Gasteiger partial charge in [0.2, 0.25) is 5.91 Å². The number of nitrogens with zero attached hydrogens (tertiary/aromatic N) is 6. The zero-order chi connectivity index (χ0) is 17.2. The van der Waals surface area contributed by atoms with Gasteiger partial charge >= 0.3 is 0 Å². The molecule has 2 aliphatic rings. The molecule has 0 bridgehead atoms. The van der Waals surface area contributed by atoms with Crippen molar-refractivity contribution in [2.24, 2.45) is 11.8 Å². The van der Waals surface area contributed by atoms with Gasteiger partial charge in [0.15, 0.2) is 11.6 Å². The second kappa shape index (κ2) is 6.98. The molecule has 1 aliphatic heterocycles. The molecule has 2 aromatic rings. The molecule has 2 aromatic heterocycles. The van der Waals surface area contributed by atoms with Crippen LogP contribution in [0.4, 0.5) is 0 Å². The van der Waals surface area contributed by atoms with E-state index < -0.39 is 0 Å². The van der Waals surface area contributed by atoms with Gasteiger partial charge in [-0.25, -0.2) is 4.98 Å². The van der Waals surface area contributed by atoms with E-state index in [-0.39, 0.29) is 5.92 Å². The minimum Gasteiger partial charge on any atom is -0.335 e. The molecule has 0 N–H and O–H groups in total. The number of fused-ring (bicyclic) bond motifs is 1. The molecule has 7 nitrogen and oxygen atoms in total. The van der Waals surface area contributed by atoms with Gasteiger partial charge in [-0.3, -0.25) is 4.79 Å². The van der Waals surface area contributed by atoms with Crippen LogP contribution in [0.1, 0.15) is 50.7 Å². The number of hydrogen-bond acceptors (Lipinski definition) is 4. The van der Waals surface area contributed by atoms with Crippen molar-refractivity contribution in [2.45, 2.75) is 58.7 Å². The smallest absolute Gasteiger partial charge is 0.226 e. The largest absolute Gasteiger partial charge is 0.335 e. The Labute approximate surface area is 148 Å². The van der Waals surface area contributed by atoms with Crippen LogP contribution in [0.5, 0.6) is 0 Å². The molecule has 0 aromatic carbocycles. The molecule has 1 aliphatic carbocycles. The Morgan fingerprint density at radius 3 is 2.80 bits per heavy atom. The van der Waals surface area contributed by atoms with Crippen LogP contribution in [0.25, 0.3) is 0 Å². The van der Waals surface area contributed by atoms with E-state index in [2.05, 4.69) is 26.7 Å². The summed E-state index contributed by atoms with van der Waals surface area (Å²) in [6.07, 6.45) is 10.9. The van der Waals surface area contributed by atoms with Crippen molar-refractivity contribution in [3.8, 4) is 0 Å². The normalized spacial score (nSPS) is 24.0. The van der Waals surface area contributed by atoms with E-state index in [0.29, 0.717) is 19.0 Å². The number of amides is 1. The minimum absolute atomic E-state index is 0.205. The summed E-state index contributed by atoms with van der Waals surface area (Å²) in [7, 11) is 0. The summed E-state index contributed by atoms with van der Waals surface area (Å²) in [6, 6.07) is 0. The van der Waals surface area contributed by atoms with Crippen molar-refractivity contribution < 1.29 is 4.79 Å². The SMILES string of the molecule is CC1CCC(C(=O)N2CCCn3c(nnc3Cn3ccnc3)C2)CC1. The van der Waals surface area contributed by atoms with Gasteiger partial charge in [0, 0.05) is 31.4 Å². The number of imidazole rings is 1. The van der Waals surface area contributed by atoms with Crippen molar-refractivity contribution in [1.82, 2.24) is 29.2 Å². The molecule has 3 heterocycles. The average molecular weight is 342 g/mol. The second-order valence-corrected chi connectivity index (χ2v) is 7.49. The van der Waals surface area contributed by atoms with E-state index in [1.54, 1.807) is 12.5 Å². The molecule has 0 atom stereocenters. The number of rotatable bonds is 3. The maximum absolute atomic E-state index is 12.9. The van der Waals surface area contributed by atoms with Crippen molar-refractivity contribution in [1.29, 1.82) is 0 Å². The van der Waals surface area contributed by atoms with E-state index in [1.165, 1.54) is 12.8 Å². The molecule has 1 amide bonds. The highest BCUT2D eigenvalue weighted by molar-refractivity contribution is 5.78. The first-order valence-corrected chi connectivity index (χ1v) is 9.36. The summed E-state index contributed by atoms with van der Waals surface area (Å²) in [5.74, 6) is 3.14. The lowest BCUT2D eigenvalue weighted by molar-refractivity contribution is -0.137. The Morgan fingerprint density at radius 2 is 2.04 bits per heavy atom. The topological polar surface area (TPSA) is 68.8 Å². The predicted molar refractivity (Wildman–Crippen MR) is 92.5 cm³/mol. The molecular weight excluding hydrogens is 316 g/mol. The maximum Gasteiger partial charge on any atom is 0.226 e. The Hall–Kier alpha value is -2.18. The van der Waals surface area contributed by atoms with E-state index in [1.807, 2.05) is 15.7 Å². The van der Waals surface area contributed by atoms with Gasteiger partial charge in [0.1, 0.15) is 0 Å². The Balaban J connectivity index is 1.46. The van der Waals surface area contributed by atoms with E-state index in [0.717, 1.165) is 49.9 Å². The first-order valence-electron chi connectivity index (χ1n) is 9.36. The van der Waals surface area contributed by atoms with Crippen LogP contribution in [-0.4, -0.2) is 41.7 Å². The van der Waals surface area contributed by atoms with Crippen molar-refractivity contribution in [3.05, 3.63) is 30.4 Å². The molecule has 0 spiro atoms. The molecule has 1 fully saturated rings. The van der Waals surface area contributed by atoms with Gasteiger partial charge in [0.25, 0.3) is 0 Å². The van der Waals surface area contributed by atoms with Crippen LogP contribution in [0.3, 0.4) is 0 Å². The summed E-state index contributed by atoms with van der Waals surface area (Å²) in [5.41, 5.74) is 0. The zero-order valence-electron chi connectivity index (χ0n) is 14.8. The third-order valence-corrected chi connectivity index (χ3v) is 5.61. The van der Waals surface area contributed by atoms with Gasteiger partial charge in [-0.1, -0.05) is 6.92 Å². The summed E-state index contributed by atoms with van der Waals surface area (Å²) in [6.45, 7) is 5.23. The van der Waals surface area contributed by atoms with Gasteiger partial charge in [-0.15, -0.1) is 10.2 Å². The molecule has 7 heteroatoms. The molecule has 0 saturated heterocycles. The summed E-state index contributed by atoms with van der Waals surface area (Å²) in [4.78, 5) is 19.0. The molecule has 25 heavy (non-hydrogen) atoms. The summed E-state index contributed by atoms with van der Waals surface area (Å²) in [5, 5.41) is 8.73. The molecule has 4 rings (SSSR count). The van der Waals surface area contributed by atoms with Crippen LogP contribution >= 0.6 is 0 Å². The Bertz CT molecular complexity index is 714. The van der Waals surface area contributed by atoms with Crippen molar-refractivity contribution in [2.75, 3.05) is 6.54 Å². The van der Waals surface area contributed by atoms with Crippen molar-refractivity contribution in [3.63, 3.8) is 0 Å². The lowest BCUT2D eigenvalue weighted by Crippen LogP contribution is -2.37. The van der Waals surface area contributed by atoms with Crippen LogP contribution in [0.2, 0.25) is 0 Å². The second-order valence-electron chi connectivity index (χ2n) is 7.49. The number of aromatic nitrogens is 5. The van der Waals surface area contributed by atoms with Gasteiger partial charge in [-0.05, 0) is 38.0 Å². The molecule has 0 radical (unpaired) electrons. The van der Waals surface area contributed by atoms with E-state index in [9.17, 15) is 4.79 Å². The van der Waals surface area contributed by atoms with Crippen LogP contribution in [0.15, 0.2) is 18.7 Å². The molecule has 0 unspecified atom stereocenters. The first kappa shape index (κ1) is 16.3. The van der Waals surface area contributed by atoms with Crippen LogP contribution in [0, 0.1) is 11.8 Å². The fourth-order valence-electron chi connectivity index (χ4n) is 4.03. The minimum atomic E-state index is 0.205. The number of carbonyl (C=O) groups is 1. The Morgan fingerprint density at radius 1 is 1.20 bits per heavy atom. The van der Waals surface area contributed by atoms with Gasteiger partial charge in [0.05, 0.1) is 19.4 Å². The maximum atomic E-state index is 12.9. The number of hydrogen-bond donors (Lipinski definition) is 0. The highest BCUT2D eigenvalue weighted by Gasteiger charge is 2.30. The summed E-state index contributed by atoms with van der Waals surface area (Å²) >= 11 is 0. The van der Waals surface area contributed by atoms with E-state index >= 15 is 0 Å². The average Bonchev–Trinajstić information content (AvgIpc) is 3.20. The lowest BCUT2D eigenvalue weighted by Gasteiger charge is -2.30. The molecule has 1 saturated carbocycles. The lowest BCUT2D eigenvalue weighted by atomic mass is 9.82. The van der Waals surface area contributed by atoms with Gasteiger partial charge < -0.3 is 14.0 Å². The highest BCUT2D eigenvalue weighted by Crippen LogP contribution is 2.30. The van der Waals surface area contributed by atoms with Crippen LogP contribution in [-0.2, 0) is 24.4 Å². The fraction of sp³-hybridized carbons (Fsp3) is 0.667. The quantitative estimate of drug-likeness (QED) is 0.856. The predicted octanol–water partition coefficient (Wildman–Crippen LogP) is 2.08. The van der Waals surface area contributed by atoms with Crippen LogP contribution < -0.4 is 0 Å². The highest BCUT2D eigenvalue weighted by atomic mass is 16.2. The standard InChI is InChI=1S/C18H26N6O/c1-14-3-5-15(6-4-14)18(25)23-8-2-9-24-16(20-21-17(24)12-23)11-22-10-7-19-13-22/h7,10,13-15H,2-6,8-9,11-12H2,1H3. The fourth-order valence-corrected chi connectivity index (χ4v) is 4.03. The number of carbonyl (C=O) groups excluding carboxylic acids is 1. The third kappa shape index (κ3) is 3.45. The first-order chi connectivity index (χ1) is 12.2. The summed E-state index contributed by atoms with van der Waals surface area (Å²) < 4.78 is 4.17. The van der Waals surface area contributed by atoms with Crippen molar-refractivity contribution >= 4 is 5.91 Å². The monoisotopic (exact) mass is 342 g/mol. The third-order valence-electron chi connectivity index (χ3n) is 5.61. The molecule has 134 valence electrons. The van der Waals surface area contributed by atoms with E-state index in [4.69, 9.17) is 0 Å². The molecular formula is C18H26N6O.